The molecule has 0 aliphatic rings. The van der Waals surface area contributed by atoms with Gasteiger partial charge in [0.2, 0.25) is 0 Å². The quantitative estimate of drug-likeness (QED) is 0.673. The molecule has 0 bridgehead atoms. The van der Waals surface area contributed by atoms with E-state index < -0.39 is 36.1 Å². The highest BCUT2D eigenvalue weighted by Crippen LogP contribution is 2.34. The van der Waals surface area contributed by atoms with E-state index in [1.165, 1.54) is 12.1 Å². The van der Waals surface area contributed by atoms with Crippen molar-refractivity contribution in [2.45, 2.75) is 32.4 Å². The number of carbonyl (C=O) groups excluding carboxylic acids is 2. The first kappa shape index (κ1) is 21.5. The zero-order valence-corrected chi connectivity index (χ0v) is 15.6. The zero-order valence-electron chi connectivity index (χ0n) is 15.6. The molecule has 2 rings (SSSR count). The number of halogens is 3. The van der Waals surface area contributed by atoms with Gasteiger partial charge >= 0.3 is 12.1 Å². The minimum Gasteiger partial charge on any atom is -0.455 e. The van der Waals surface area contributed by atoms with Gasteiger partial charge in [-0.05, 0) is 23.6 Å². The van der Waals surface area contributed by atoms with Gasteiger partial charge in [0.15, 0.2) is 6.61 Å². The Bertz CT molecular complexity index is 806. The van der Waals surface area contributed by atoms with Crippen LogP contribution in [-0.4, -0.2) is 18.5 Å². The van der Waals surface area contributed by atoms with Crippen molar-refractivity contribution in [2.75, 3.05) is 11.9 Å². The van der Waals surface area contributed by atoms with E-state index in [1.807, 2.05) is 19.9 Å². The maximum absolute atomic E-state index is 13.0. The van der Waals surface area contributed by atoms with Crippen LogP contribution in [0.25, 0.3) is 0 Å². The lowest BCUT2D eigenvalue weighted by molar-refractivity contribution is -0.150. The van der Waals surface area contributed by atoms with Gasteiger partial charge in [-0.2, -0.15) is 13.2 Å². The van der Waals surface area contributed by atoms with Crippen LogP contribution in [0.15, 0.2) is 54.6 Å². The Morgan fingerprint density at radius 1 is 1.04 bits per heavy atom. The summed E-state index contributed by atoms with van der Waals surface area (Å²) in [6.07, 6.45) is -3.88. The van der Waals surface area contributed by atoms with Crippen LogP contribution in [0.2, 0.25) is 0 Å². The van der Waals surface area contributed by atoms with Crippen LogP contribution in [-0.2, 0) is 20.5 Å². The Labute approximate surface area is 161 Å². The molecule has 2 aromatic carbocycles. The third-order valence-corrected chi connectivity index (χ3v) is 4.48. The summed E-state index contributed by atoms with van der Waals surface area (Å²) in [5.74, 6) is -1.99. The third-order valence-electron chi connectivity index (χ3n) is 4.48. The normalized spacial score (nSPS) is 13.5. The Hall–Kier alpha value is -2.83. The van der Waals surface area contributed by atoms with E-state index in [0.29, 0.717) is 0 Å². The number of esters is 1. The van der Waals surface area contributed by atoms with Crippen LogP contribution in [0.4, 0.5) is 18.9 Å². The molecule has 1 amide bonds. The van der Waals surface area contributed by atoms with Gasteiger partial charge < -0.3 is 10.1 Å². The van der Waals surface area contributed by atoms with E-state index in [4.69, 9.17) is 4.74 Å². The second-order valence-corrected chi connectivity index (χ2v) is 6.47. The molecule has 2 atom stereocenters. The first-order valence-electron chi connectivity index (χ1n) is 8.91. The predicted molar refractivity (Wildman–Crippen MR) is 99.7 cm³/mol. The molecular weight excluding hydrogens is 371 g/mol. The van der Waals surface area contributed by atoms with Gasteiger partial charge in [-0.25, -0.2) is 0 Å². The number of benzene rings is 2. The molecule has 0 heterocycles. The molecule has 0 saturated carbocycles. The SMILES string of the molecule is CC[C@H](C)[C@@H](C(=O)OCC(=O)Nc1ccccc1C(F)(F)F)c1ccccc1. The fraction of sp³-hybridized carbons (Fsp3) is 0.333. The summed E-state index contributed by atoms with van der Waals surface area (Å²) < 4.78 is 44.1. The number of carbonyl (C=O) groups is 2. The zero-order chi connectivity index (χ0) is 20.7. The lowest BCUT2D eigenvalue weighted by Gasteiger charge is -2.22. The van der Waals surface area contributed by atoms with Crippen LogP contribution in [0, 0.1) is 5.92 Å². The minimum absolute atomic E-state index is 0.0242. The number of hydrogen-bond donors (Lipinski definition) is 1. The van der Waals surface area contributed by atoms with Crippen LogP contribution in [0.1, 0.15) is 37.3 Å². The highest BCUT2D eigenvalue weighted by molar-refractivity contribution is 5.94. The second kappa shape index (κ2) is 9.39. The number of alkyl halides is 3. The molecule has 7 heteroatoms. The van der Waals surface area contributed by atoms with Crippen molar-refractivity contribution in [1.82, 2.24) is 0 Å². The first-order chi connectivity index (χ1) is 13.2. The standard InChI is InChI=1S/C21H22F3NO3/c1-3-14(2)19(15-9-5-4-6-10-15)20(27)28-13-18(26)25-17-12-8-7-11-16(17)21(22,23)24/h4-12,14,19H,3,13H2,1-2H3,(H,25,26)/t14-,19+/m0/s1. The molecular formula is C21H22F3NO3. The molecule has 0 fully saturated rings. The largest absolute Gasteiger partial charge is 0.455 e. The molecule has 150 valence electrons. The minimum atomic E-state index is -4.60. The Kier molecular flexibility index (Phi) is 7.20. The van der Waals surface area contributed by atoms with Crippen LogP contribution in [0.3, 0.4) is 0 Å². The summed E-state index contributed by atoms with van der Waals surface area (Å²) in [5, 5.41) is 2.16. The van der Waals surface area contributed by atoms with Crippen molar-refractivity contribution in [1.29, 1.82) is 0 Å². The van der Waals surface area contributed by atoms with Crippen molar-refractivity contribution in [3.63, 3.8) is 0 Å². The van der Waals surface area contributed by atoms with Crippen LogP contribution >= 0.6 is 0 Å². The summed E-state index contributed by atoms with van der Waals surface area (Å²) in [4.78, 5) is 24.6. The molecule has 0 unspecified atom stereocenters. The van der Waals surface area contributed by atoms with Crippen molar-refractivity contribution in [2.24, 2.45) is 5.92 Å². The van der Waals surface area contributed by atoms with Crippen molar-refractivity contribution < 1.29 is 27.5 Å². The molecule has 0 aliphatic heterocycles. The molecule has 2 aromatic rings. The van der Waals surface area contributed by atoms with Gasteiger partial charge in [0.25, 0.3) is 5.91 Å². The van der Waals surface area contributed by atoms with Gasteiger partial charge in [-0.3, -0.25) is 9.59 Å². The van der Waals surface area contributed by atoms with Crippen molar-refractivity contribution in [3.05, 3.63) is 65.7 Å². The van der Waals surface area contributed by atoms with Crippen LogP contribution < -0.4 is 5.32 Å². The molecule has 28 heavy (non-hydrogen) atoms. The smallest absolute Gasteiger partial charge is 0.418 e. The van der Waals surface area contributed by atoms with E-state index in [-0.39, 0.29) is 11.6 Å². The van der Waals surface area contributed by atoms with Gasteiger partial charge in [0, 0.05) is 0 Å². The molecule has 0 aromatic heterocycles. The lowest BCUT2D eigenvalue weighted by Crippen LogP contribution is -2.27. The molecule has 0 aliphatic carbocycles. The highest BCUT2D eigenvalue weighted by Gasteiger charge is 2.34. The Morgan fingerprint density at radius 2 is 1.64 bits per heavy atom. The monoisotopic (exact) mass is 393 g/mol. The number of nitrogens with one attached hydrogen (secondary N) is 1. The summed E-state index contributed by atoms with van der Waals surface area (Å²) in [7, 11) is 0. The molecule has 0 saturated heterocycles. The molecule has 4 nitrogen and oxygen atoms in total. The van der Waals surface area contributed by atoms with E-state index in [1.54, 1.807) is 24.3 Å². The average Bonchev–Trinajstić information content (AvgIpc) is 2.67. The highest BCUT2D eigenvalue weighted by atomic mass is 19.4. The van der Waals surface area contributed by atoms with E-state index in [2.05, 4.69) is 5.32 Å². The molecule has 1 N–H and O–H groups in total. The topological polar surface area (TPSA) is 55.4 Å². The van der Waals surface area contributed by atoms with Gasteiger partial charge in [-0.1, -0.05) is 62.7 Å². The van der Waals surface area contributed by atoms with Crippen LogP contribution in [0.5, 0.6) is 0 Å². The summed E-state index contributed by atoms with van der Waals surface area (Å²) in [6.45, 7) is 3.18. The fourth-order valence-electron chi connectivity index (χ4n) is 2.85. The van der Waals surface area contributed by atoms with Crippen molar-refractivity contribution in [3.8, 4) is 0 Å². The van der Waals surface area contributed by atoms with E-state index in [9.17, 15) is 22.8 Å². The number of hydrogen-bond acceptors (Lipinski definition) is 3. The second-order valence-electron chi connectivity index (χ2n) is 6.47. The fourth-order valence-corrected chi connectivity index (χ4v) is 2.85. The van der Waals surface area contributed by atoms with Crippen molar-refractivity contribution >= 4 is 17.6 Å². The number of ether oxygens (including phenoxy) is 1. The van der Waals surface area contributed by atoms with Gasteiger partial charge in [0.05, 0.1) is 17.2 Å². The Morgan fingerprint density at radius 3 is 2.25 bits per heavy atom. The molecule has 0 spiro atoms. The van der Waals surface area contributed by atoms with Gasteiger partial charge in [0.1, 0.15) is 0 Å². The lowest BCUT2D eigenvalue weighted by atomic mass is 9.86. The predicted octanol–water partition coefficient (Wildman–Crippen LogP) is 5.02. The maximum atomic E-state index is 13.0. The maximum Gasteiger partial charge on any atom is 0.418 e. The summed E-state index contributed by atoms with van der Waals surface area (Å²) >= 11 is 0. The van der Waals surface area contributed by atoms with Gasteiger partial charge in [-0.15, -0.1) is 0 Å². The van der Waals surface area contributed by atoms with E-state index in [0.717, 1.165) is 24.1 Å². The molecule has 0 radical (unpaired) electrons. The number of amides is 1. The summed E-state index contributed by atoms with van der Waals surface area (Å²) in [6, 6.07) is 13.7. The average molecular weight is 393 g/mol. The number of rotatable bonds is 7. The summed E-state index contributed by atoms with van der Waals surface area (Å²) in [5.41, 5.74) is -0.571. The van der Waals surface area contributed by atoms with E-state index >= 15 is 0 Å². The first-order valence-corrected chi connectivity index (χ1v) is 8.91. The third kappa shape index (κ3) is 5.58. The number of para-hydroxylation sites is 1. The number of anilines is 1. The Balaban J connectivity index is 2.05.